The van der Waals surface area contributed by atoms with Gasteiger partial charge in [-0.05, 0) is 57.1 Å². The third-order valence-corrected chi connectivity index (χ3v) is 3.76. The molecule has 1 aliphatic carbocycles. The number of benzene rings is 1. The number of hydrogen-bond acceptors (Lipinski definition) is 1. The largest absolute Gasteiger partial charge is 0.314 e. The van der Waals surface area contributed by atoms with Crippen molar-refractivity contribution >= 4 is 0 Å². The fourth-order valence-electron chi connectivity index (χ4n) is 2.55. The molecule has 0 saturated heterocycles. The summed E-state index contributed by atoms with van der Waals surface area (Å²) in [6.07, 6.45) is 6.78. The summed E-state index contributed by atoms with van der Waals surface area (Å²) in [4.78, 5) is 0. The molecule has 0 radical (unpaired) electrons. The van der Waals surface area contributed by atoms with Gasteiger partial charge >= 0.3 is 0 Å². The molecule has 1 nitrogen and oxygen atoms in total. The molecule has 1 aromatic rings. The molecule has 0 aliphatic heterocycles. The van der Waals surface area contributed by atoms with E-state index in [1.807, 2.05) is 0 Å². The summed E-state index contributed by atoms with van der Waals surface area (Å²) in [6.45, 7) is 5.49. The van der Waals surface area contributed by atoms with E-state index in [0.29, 0.717) is 0 Å². The highest BCUT2D eigenvalue weighted by Crippen LogP contribution is 2.34. The van der Waals surface area contributed by atoms with Crippen LogP contribution in [0.15, 0.2) is 24.3 Å². The smallest absolute Gasteiger partial charge is 0.00953 e. The van der Waals surface area contributed by atoms with Gasteiger partial charge in [-0.25, -0.2) is 0 Å². The van der Waals surface area contributed by atoms with Gasteiger partial charge in [0, 0.05) is 6.04 Å². The minimum absolute atomic E-state index is 0.783. The number of aryl methyl sites for hydroxylation is 2. The highest BCUT2D eigenvalue weighted by molar-refractivity contribution is 5.21. The minimum atomic E-state index is 0.783. The average Bonchev–Trinajstić information content (AvgIpc) is 3.15. The van der Waals surface area contributed by atoms with Crippen molar-refractivity contribution in [1.29, 1.82) is 0 Å². The lowest BCUT2D eigenvalue weighted by Crippen LogP contribution is -2.30. The highest BCUT2D eigenvalue weighted by atomic mass is 14.9. The Morgan fingerprint density at radius 2 is 1.94 bits per heavy atom. The van der Waals surface area contributed by atoms with Gasteiger partial charge in [-0.2, -0.15) is 0 Å². The molecule has 1 atom stereocenters. The van der Waals surface area contributed by atoms with Crippen molar-refractivity contribution in [2.45, 2.75) is 52.0 Å². The van der Waals surface area contributed by atoms with Gasteiger partial charge in [0.2, 0.25) is 0 Å². The molecule has 1 heteroatoms. The van der Waals surface area contributed by atoms with Gasteiger partial charge in [0.1, 0.15) is 0 Å². The maximum Gasteiger partial charge on any atom is 0.00953 e. The Morgan fingerprint density at radius 1 is 1.24 bits per heavy atom. The van der Waals surface area contributed by atoms with Crippen LogP contribution < -0.4 is 5.32 Å². The van der Waals surface area contributed by atoms with Crippen LogP contribution in [0.3, 0.4) is 0 Å². The lowest BCUT2D eigenvalue weighted by Gasteiger charge is -2.16. The van der Waals surface area contributed by atoms with Gasteiger partial charge in [-0.3, -0.25) is 0 Å². The topological polar surface area (TPSA) is 12.0 Å². The molecule has 94 valence electrons. The van der Waals surface area contributed by atoms with Gasteiger partial charge < -0.3 is 5.32 Å². The molecule has 1 unspecified atom stereocenters. The highest BCUT2D eigenvalue weighted by Gasteiger charge is 2.29. The molecule has 0 heterocycles. The van der Waals surface area contributed by atoms with Gasteiger partial charge in [-0.15, -0.1) is 0 Å². The molecule has 0 aromatic heterocycles. The summed E-state index contributed by atoms with van der Waals surface area (Å²) in [5.41, 5.74) is 2.85. The Morgan fingerprint density at radius 3 is 2.53 bits per heavy atom. The minimum Gasteiger partial charge on any atom is -0.314 e. The standard InChI is InChI=1S/C16H25N/c1-3-17-16(15-11-12-15)6-4-5-14-9-7-13(2)8-10-14/h7-10,15-17H,3-6,11-12H2,1-2H3. The van der Waals surface area contributed by atoms with Crippen molar-refractivity contribution in [2.24, 2.45) is 5.92 Å². The third kappa shape index (κ3) is 4.16. The maximum atomic E-state index is 3.64. The maximum absolute atomic E-state index is 3.64. The van der Waals surface area contributed by atoms with E-state index in [-0.39, 0.29) is 0 Å². The first-order valence-electron chi connectivity index (χ1n) is 7.08. The van der Waals surface area contributed by atoms with Gasteiger partial charge in [0.15, 0.2) is 0 Å². The Labute approximate surface area is 106 Å². The fourth-order valence-corrected chi connectivity index (χ4v) is 2.55. The van der Waals surface area contributed by atoms with Crippen LogP contribution in [0.2, 0.25) is 0 Å². The molecule has 17 heavy (non-hydrogen) atoms. The Balaban J connectivity index is 1.72. The monoisotopic (exact) mass is 231 g/mol. The second-order valence-electron chi connectivity index (χ2n) is 5.38. The Kier molecular flexibility index (Phi) is 4.61. The molecular formula is C16H25N. The van der Waals surface area contributed by atoms with Crippen LogP contribution in [0.1, 0.15) is 43.7 Å². The lowest BCUT2D eigenvalue weighted by molar-refractivity contribution is 0.434. The summed E-state index contributed by atoms with van der Waals surface area (Å²) in [5.74, 6) is 0.980. The lowest BCUT2D eigenvalue weighted by atomic mass is 10.0. The fraction of sp³-hybridized carbons (Fsp3) is 0.625. The van der Waals surface area contributed by atoms with Crippen molar-refractivity contribution < 1.29 is 0 Å². The molecular weight excluding hydrogens is 206 g/mol. The van der Waals surface area contributed by atoms with Crippen molar-refractivity contribution in [1.82, 2.24) is 5.32 Å². The first-order valence-corrected chi connectivity index (χ1v) is 7.08. The summed E-state index contributed by atoms with van der Waals surface area (Å²) in [6, 6.07) is 9.77. The first kappa shape index (κ1) is 12.6. The van der Waals surface area contributed by atoms with Gasteiger partial charge in [0.05, 0.1) is 0 Å². The molecule has 1 saturated carbocycles. The van der Waals surface area contributed by atoms with Gasteiger partial charge in [0.25, 0.3) is 0 Å². The molecule has 0 bridgehead atoms. The second-order valence-corrected chi connectivity index (χ2v) is 5.38. The number of rotatable bonds is 7. The molecule has 1 N–H and O–H groups in total. The molecule has 1 aromatic carbocycles. The zero-order chi connectivity index (χ0) is 12.1. The van der Waals surface area contributed by atoms with E-state index in [1.165, 1.54) is 43.2 Å². The van der Waals surface area contributed by atoms with E-state index in [9.17, 15) is 0 Å². The number of nitrogens with one attached hydrogen (secondary N) is 1. The van der Waals surface area contributed by atoms with Crippen LogP contribution in [0, 0.1) is 12.8 Å². The van der Waals surface area contributed by atoms with Crippen molar-refractivity contribution in [3.63, 3.8) is 0 Å². The molecule has 0 amide bonds. The summed E-state index contributed by atoms with van der Waals surface area (Å²) >= 11 is 0. The Bertz CT molecular complexity index is 324. The van der Waals surface area contributed by atoms with Gasteiger partial charge in [-0.1, -0.05) is 36.8 Å². The van der Waals surface area contributed by atoms with Crippen molar-refractivity contribution in [3.8, 4) is 0 Å². The first-order chi connectivity index (χ1) is 8.29. The predicted octanol–water partition coefficient (Wildman–Crippen LogP) is 3.71. The van der Waals surface area contributed by atoms with Crippen molar-refractivity contribution in [3.05, 3.63) is 35.4 Å². The summed E-state index contributed by atoms with van der Waals surface area (Å²) in [7, 11) is 0. The normalized spacial score (nSPS) is 17.1. The van der Waals surface area contributed by atoms with E-state index in [1.54, 1.807) is 0 Å². The Hall–Kier alpha value is -0.820. The van der Waals surface area contributed by atoms with E-state index >= 15 is 0 Å². The third-order valence-electron chi connectivity index (χ3n) is 3.76. The zero-order valence-corrected chi connectivity index (χ0v) is 11.2. The molecule has 1 aliphatic rings. The molecule has 0 spiro atoms. The number of hydrogen-bond donors (Lipinski definition) is 1. The predicted molar refractivity (Wildman–Crippen MR) is 74.3 cm³/mol. The van der Waals surface area contributed by atoms with Crippen LogP contribution in [0.4, 0.5) is 0 Å². The van der Waals surface area contributed by atoms with E-state index in [4.69, 9.17) is 0 Å². The zero-order valence-electron chi connectivity index (χ0n) is 11.2. The van der Waals surface area contributed by atoms with Crippen LogP contribution in [-0.4, -0.2) is 12.6 Å². The van der Waals surface area contributed by atoms with E-state index in [2.05, 4.69) is 43.4 Å². The second kappa shape index (κ2) is 6.20. The quantitative estimate of drug-likeness (QED) is 0.754. The average molecular weight is 231 g/mol. The van der Waals surface area contributed by atoms with Crippen LogP contribution in [0.5, 0.6) is 0 Å². The van der Waals surface area contributed by atoms with Crippen molar-refractivity contribution in [2.75, 3.05) is 6.54 Å². The SMILES string of the molecule is CCNC(CCCc1ccc(C)cc1)C1CC1. The molecule has 1 fully saturated rings. The summed E-state index contributed by atoms with van der Waals surface area (Å²) in [5, 5.41) is 3.64. The van der Waals surface area contributed by atoms with Crippen LogP contribution >= 0.6 is 0 Å². The van der Waals surface area contributed by atoms with Crippen LogP contribution in [0.25, 0.3) is 0 Å². The van der Waals surface area contributed by atoms with Crippen LogP contribution in [-0.2, 0) is 6.42 Å². The molecule has 2 rings (SSSR count). The van der Waals surface area contributed by atoms with E-state index < -0.39 is 0 Å². The van der Waals surface area contributed by atoms with E-state index in [0.717, 1.165) is 18.5 Å². The summed E-state index contributed by atoms with van der Waals surface area (Å²) < 4.78 is 0.